The van der Waals surface area contributed by atoms with Gasteiger partial charge in [-0.2, -0.15) is 0 Å². The number of rotatable bonds is 2. The van der Waals surface area contributed by atoms with E-state index in [2.05, 4.69) is 24.6 Å². The highest BCUT2D eigenvalue weighted by Crippen LogP contribution is 1.73. The maximum atomic E-state index is 3.65. The van der Waals surface area contributed by atoms with Crippen LogP contribution in [-0.4, -0.2) is 4.98 Å². The lowest BCUT2D eigenvalue weighted by molar-refractivity contribution is 1.23. The van der Waals surface area contributed by atoms with Crippen molar-refractivity contribution >= 4 is 12.2 Å². The molecule has 1 rings (SSSR count). The van der Waals surface area contributed by atoms with Gasteiger partial charge in [0.1, 0.15) is 0 Å². The van der Waals surface area contributed by atoms with Gasteiger partial charge in [-0.25, -0.2) is 0 Å². The Morgan fingerprint density at radius 1 is 1.64 bits per heavy atom. The van der Waals surface area contributed by atoms with Crippen molar-refractivity contribution in [3.63, 3.8) is 0 Å². The van der Waals surface area contributed by atoms with E-state index in [9.17, 15) is 0 Å². The Morgan fingerprint density at radius 2 is 2.45 bits per heavy atom. The Labute approximate surface area is 66.8 Å². The molecule has 0 aliphatic carbocycles. The minimum atomic E-state index is 1.05. The van der Waals surface area contributed by atoms with Gasteiger partial charge in [-0.05, 0) is 17.7 Å². The number of hydrogen-bond acceptors (Lipinski definition) is 0. The molecule has 0 atom stereocenters. The molecule has 1 aromatic heterocycles. The molecular formula is C10H13N. The third-order valence-corrected chi connectivity index (χ3v) is 1.52. The molecule has 1 N–H and O–H groups in total. The van der Waals surface area contributed by atoms with Crippen molar-refractivity contribution in [2.45, 2.75) is 13.3 Å². The molecule has 0 aliphatic rings. The van der Waals surface area contributed by atoms with Crippen molar-refractivity contribution in [3.05, 3.63) is 35.5 Å². The van der Waals surface area contributed by atoms with Crippen molar-refractivity contribution in [1.29, 1.82) is 0 Å². The summed E-state index contributed by atoms with van der Waals surface area (Å²) in [6.07, 6.45) is 8.96. The molecule has 1 nitrogen and oxygen atoms in total. The minimum Gasteiger partial charge on any atom is -0.361 e. The number of hydrogen-bond donors (Lipinski definition) is 1. The smallest absolute Gasteiger partial charge is 0.0413 e. The third-order valence-electron chi connectivity index (χ3n) is 1.52. The van der Waals surface area contributed by atoms with Crippen LogP contribution in [0.4, 0.5) is 0 Å². The summed E-state index contributed by atoms with van der Waals surface area (Å²) in [7, 11) is 0. The number of nitrogens with one attached hydrogen (secondary N) is 1. The number of aromatic nitrogens is 1. The lowest BCUT2D eigenvalue weighted by Crippen LogP contribution is -2.21. The van der Waals surface area contributed by atoms with E-state index in [1.807, 2.05) is 18.3 Å². The van der Waals surface area contributed by atoms with Crippen LogP contribution in [-0.2, 0) is 0 Å². The number of H-pyrrole nitrogens is 1. The molecule has 58 valence electrons. The van der Waals surface area contributed by atoms with E-state index in [0.29, 0.717) is 0 Å². The molecule has 0 bridgehead atoms. The topological polar surface area (TPSA) is 15.8 Å². The van der Waals surface area contributed by atoms with E-state index in [1.165, 1.54) is 10.6 Å². The first-order valence-corrected chi connectivity index (χ1v) is 3.84. The monoisotopic (exact) mass is 147 g/mol. The first-order valence-electron chi connectivity index (χ1n) is 3.84. The molecule has 0 spiro atoms. The number of allylic oxidation sites excluding steroid dienone is 1. The van der Waals surface area contributed by atoms with Crippen LogP contribution in [0.15, 0.2) is 24.9 Å². The summed E-state index contributed by atoms with van der Waals surface area (Å²) in [6.45, 7) is 5.78. The maximum Gasteiger partial charge on any atom is 0.0413 e. The van der Waals surface area contributed by atoms with Crippen LogP contribution >= 0.6 is 0 Å². The van der Waals surface area contributed by atoms with E-state index in [1.54, 1.807) is 6.08 Å². The summed E-state index contributed by atoms with van der Waals surface area (Å²) < 4.78 is 0. The SMILES string of the molecule is C=C/C=c1/cc[nH]/c1=C/CC. The molecule has 0 aliphatic heterocycles. The van der Waals surface area contributed by atoms with Crippen molar-refractivity contribution in [2.75, 3.05) is 0 Å². The predicted octanol–water partition coefficient (Wildman–Crippen LogP) is 1.17. The summed E-state index contributed by atoms with van der Waals surface area (Å²) >= 11 is 0. The van der Waals surface area contributed by atoms with Gasteiger partial charge in [0.15, 0.2) is 0 Å². The predicted molar refractivity (Wildman–Crippen MR) is 49.5 cm³/mol. The molecule has 0 amide bonds. The fourth-order valence-corrected chi connectivity index (χ4v) is 1.05. The summed E-state index contributed by atoms with van der Waals surface area (Å²) in [6, 6.07) is 2.04. The van der Waals surface area contributed by atoms with Crippen LogP contribution in [0.2, 0.25) is 0 Å². The summed E-state index contributed by atoms with van der Waals surface area (Å²) in [5, 5.41) is 2.40. The lowest BCUT2D eigenvalue weighted by Gasteiger charge is -1.78. The van der Waals surface area contributed by atoms with Gasteiger partial charge in [-0.1, -0.05) is 31.7 Å². The Kier molecular flexibility index (Phi) is 2.73. The minimum absolute atomic E-state index is 1.05. The third kappa shape index (κ3) is 1.84. The normalized spacial score (nSPS) is 13.9. The number of aromatic amines is 1. The van der Waals surface area contributed by atoms with E-state index < -0.39 is 0 Å². The van der Waals surface area contributed by atoms with Crippen molar-refractivity contribution in [3.8, 4) is 0 Å². The highest BCUT2D eigenvalue weighted by atomic mass is 14.6. The van der Waals surface area contributed by atoms with Crippen LogP contribution in [0.25, 0.3) is 12.2 Å². The zero-order valence-electron chi connectivity index (χ0n) is 6.80. The molecule has 0 radical (unpaired) electrons. The Morgan fingerprint density at radius 3 is 3.09 bits per heavy atom. The van der Waals surface area contributed by atoms with Crippen LogP contribution < -0.4 is 10.6 Å². The fraction of sp³-hybridized carbons (Fsp3) is 0.200. The maximum absolute atomic E-state index is 3.65. The molecule has 0 aromatic carbocycles. The van der Waals surface area contributed by atoms with E-state index >= 15 is 0 Å². The summed E-state index contributed by atoms with van der Waals surface area (Å²) in [5.41, 5.74) is 0. The van der Waals surface area contributed by atoms with Gasteiger partial charge < -0.3 is 4.98 Å². The Balaban J connectivity index is 3.27. The van der Waals surface area contributed by atoms with Crippen LogP contribution in [0.3, 0.4) is 0 Å². The van der Waals surface area contributed by atoms with E-state index in [4.69, 9.17) is 0 Å². The van der Waals surface area contributed by atoms with Gasteiger partial charge in [0.25, 0.3) is 0 Å². The second kappa shape index (κ2) is 3.81. The fourth-order valence-electron chi connectivity index (χ4n) is 1.05. The second-order valence-electron chi connectivity index (χ2n) is 2.36. The lowest BCUT2D eigenvalue weighted by atomic mass is 10.3. The zero-order chi connectivity index (χ0) is 8.10. The molecule has 1 aromatic rings. The average molecular weight is 147 g/mol. The molecule has 1 heterocycles. The van der Waals surface area contributed by atoms with Crippen LogP contribution in [0, 0.1) is 0 Å². The van der Waals surface area contributed by atoms with Crippen LogP contribution in [0.1, 0.15) is 13.3 Å². The van der Waals surface area contributed by atoms with E-state index in [0.717, 1.165) is 6.42 Å². The molecular weight excluding hydrogens is 134 g/mol. The standard InChI is InChI=1S/C10H13N/c1-3-5-9-7-8-11-10(9)6-4-2/h3,5-8,11H,1,4H2,2H3/b9-5-,10-6+. The summed E-state index contributed by atoms with van der Waals surface area (Å²) in [4.78, 5) is 3.16. The van der Waals surface area contributed by atoms with Gasteiger partial charge in [-0.3, -0.25) is 0 Å². The first-order chi connectivity index (χ1) is 5.38. The second-order valence-corrected chi connectivity index (χ2v) is 2.36. The molecule has 0 saturated carbocycles. The van der Waals surface area contributed by atoms with Gasteiger partial charge in [-0.15, -0.1) is 0 Å². The van der Waals surface area contributed by atoms with Gasteiger partial charge in [0, 0.05) is 11.5 Å². The van der Waals surface area contributed by atoms with Gasteiger partial charge in [0.05, 0.1) is 0 Å². The van der Waals surface area contributed by atoms with Crippen molar-refractivity contribution in [1.82, 2.24) is 4.98 Å². The van der Waals surface area contributed by atoms with Crippen molar-refractivity contribution in [2.24, 2.45) is 0 Å². The average Bonchev–Trinajstić information content (AvgIpc) is 2.39. The van der Waals surface area contributed by atoms with Gasteiger partial charge in [0.2, 0.25) is 0 Å². The highest BCUT2D eigenvalue weighted by Gasteiger charge is 1.81. The first kappa shape index (κ1) is 7.86. The molecule has 11 heavy (non-hydrogen) atoms. The largest absolute Gasteiger partial charge is 0.361 e. The molecule has 0 fully saturated rings. The Bertz CT molecular complexity index is 330. The quantitative estimate of drug-likeness (QED) is 0.646. The molecule has 0 unspecified atom stereocenters. The van der Waals surface area contributed by atoms with E-state index in [-0.39, 0.29) is 0 Å². The van der Waals surface area contributed by atoms with Gasteiger partial charge >= 0.3 is 0 Å². The van der Waals surface area contributed by atoms with Crippen LogP contribution in [0.5, 0.6) is 0 Å². The Hall–Kier alpha value is -1.24. The van der Waals surface area contributed by atoms with Crippen molar-refractivity contribution < 1.29 is 0 Å². The molecule has 1 heteroatoms. The zero-order valence-corrected chi connectivity index (χ0v) is 6.80. The summed E-state index contributed by atoms with van der Waals surface area (Å²) in [5.74, 6) is 0. The highest BCUT2D eigenvalue weighted by molar-refractivity contribution is 5.36. The molecule has 0 saturated heterocycles.